The Morgan fingerprint density at radius 1 is 1.00 bits per heavy atom. The van der Waals surface area contributed by atoms with Crippen molar-refractivity contribution in [3.63, 3.8) is 0 Å². The molecule has 1 aromatic heterocycles. The summed E-state index contributed by atoms with van der Waals surface area (Å²) in [6.45, 7) is 3.53. The van der Waals surface area contributed by atoms with Crippen LogP contribution in [0, 0.1) is 6.92 Å². The number of esters is 1. The van der Waals surface area contributed by atoms with E-state index in [0.717, 1.165) is 19.3 Å². The van der Waals surface area contributed by atoms with Gasteiger partial charge in [-0.25, -0.2) is 4.79 Å². The molecule has 0 aliphatic carbocycles. The zero-order valence-corrected chi connectivity index (χ0v) is 17.8. The van der Waals surface area contributed by atoms with Crippen LogP contribution in [0.4, 0.5) is 5.69 Å². The van der Waals surface area contributed by atoms with Gasteiger partial charge in [-0.15, -0.1) is 0 Å². The minimum atomic E-state index is -0.564. The number of carbonyl (C=O) groups is 3. The van der Waals surface area contributed by atoms with Gasteiger partial charge >= 0.3 is 5.97 Å². The smallest absolute Gasteiger partial charge is 0.339 e. The van der Waals surface area contributed by atoms with E-state index in [9.17, 15) is 14.4 Å². The highest BCUT2D eigenvalue weighted by Crippen LogP contribution is 2.19. The number of unbranched alkanes of at least 4 members (excludes halogenated alkanes) is 2. The first-order valence-corrected chi connectivity index (χ1v) is 10.4. The third kappa shape index (κ3) is 5.98. The van der Waals surface area contributed by atoms with E-state index in [2.05, 4.69) is 17.2 Å². The first-order chi connectivity index (χ1) is 15.0. The van der Waals surface area contributed by atoms with E-state index in [1.54, 1.807) is 43.3 Å². The minimum absolute atomic E-state index is 0.0404. The van der Waals surface area contributed by atoms with Crippen LogP contribution in [-0.4, -0.2) is 29.3 Å². The van der Waals surface area contributed by atoms with Gasteiger partial charge in [0.15, 0.2) is 12.4 Å². The van der Waals surface area contributed by atoms with E-state index in [0.29, 0.717) is 39.8 Å². The van der Waals surface area contributed by atoms with Gasteiger partial charge in [0, 0.05) is 28.8 Å². The van der Waals surface area contributed by atoms with Crippen LogP contribution in [0.5, 0.6) is 0 Å². The summed E-state index contributed by atoms with van der Waals surface area (Å²) in [5.41, 5.74) is 2.83. The van der Waals surface area contributed by atoms with Crippen molar-refractivity contribution in [1.29, 1.82) is 0 Å². The number of amides is 1. The van der Waals surface area contributed by atoms with E-state index >= 15 is 0 Å². The predicted octanol–water partition coefficient (Wildman–Crippen LogP) is 5.10. The summed E-state index contributed by atoms with van der Waals surface area (Å²) in [4.78, 5) is 41.3. The number of pyridine rings is 1. The Bertz CT molecular complexity index is 1090. The molecule has 0 saturated heterocycles. The molecular weight excluding hydrogens is 392 g/mol. The lowest BCUT2D eigenvalue weighted by Gasteiger charge is -2.09. The van der Waals surface area contributed by atoms with Crippen molar-refractivity contribution < 1.29 is 19.1 Å². The van der Waals surface area contributed by atoms with Crippen molar-refractivity contribution in [1.82, 2.24) is 4.98 Å². The lowest BCUT2D eigenvalue weighted by Crippen LogP contribution is -2.15. The summed E-state index contributed by atoms with van der Waals surface area (Å²) in [6, 6.07) is 15.5. The summed E-state index contributed by atoms with van der Waals surface area (Å²) in [6.07, 6.45) is 3.42. The fourth-order valence-electron chi connectivity index (χ4n) is 3.27. The topological polar surface area (TPSA) is 85.4 Å². The van der Waals surface area contributed by atoms with E-state index < -0.39 is 5.97 Å². The van der Waals surface area contributed by atoms with Crippen molar-refractivity contribution in [2.45, 2.75) is 39.5 Å². The van der Waals surface area contributed by atoms with Crippen LogP contribution in [0.2, 0.25) is 0 Å². The molecule has 0 atom stereocenters. The Hall–Kier alpha value is -3.54. The molecule has 0 aliphatic heterocycles. The van der Waals surface area contributed by atoms with Crippen molar-refractivity contribution in [3.8, 4) is 0 Å². The zero-order chi connectivity index (χ0) is 22.2. The highest BCUT2D eigenvalue weighted by atomic mass is 16.5. The van der Waals surface area contributed by atoms with E-state index in [1.165, 1.54) is 0 Å². The summed E-state index contributed by atoms with van der Waals surface area (Å²) in [5, 5.41) is 3.50. The van der Waals surface area contributed by atoms with Crippen molar-refractivity contribution in [2.24, 2.45) is 0 Å². The zero-order valence-electron chi connectivity index (χ0n) is 17.8. The third-order valence-corrected chi connectivity index (χ3v) is 4.90. The second-order valence-electron chi connectivity index (χ2n) is 7.41. The van der Waals surface area contributed by atoms with Gasteiger partial charge in [0.2, 0.25) is 5.91 Å². The van der Waals surface area contributed by atoms with E-state index in [-0.39, 0.29) is 18.3 Å². The van der Waals surface area contributed by atoms with Crippen LogP contribution in [0.25, 0.3) is 10.9 Å². The Morgan fingerprint density at radius 3 is 2.48 bits per heavy atom. The molecule has 0 unspecified atom stereocenters. The number of carbonyl (C=O) groups excluding carboxylic acids is 3. The van der Waals surface area contributed by atoms with Gasteiger partial charge < -0.3 is 10.1 Å². The Morgan fingerprint density at radius 2 is 1.74 bits per heavy atom. The molecule has 160 valence electrons. The van der Waals surface area contributed by atoms with Crippen molar-refractivity contribution in [3.05, 3.63) is 71.4 Å². The molecule has 0 fully saturated rings. The largest absolute Gasteiger partial charge is 0.454 e. The van der Waals surface area contributed by atoms with Gasteiger partial charge in [0.25, 0.3) is 0 Å². The maximum absolute atomic E-state index is 12.6. The average Bonchev–Trinajstić information content (AvgIpc) is 2.77. The number of ether oxygens (including phenoxy) is 1. The number of benzene rings is 2. The molecule has 6 nitrogen and oxygen atoms in total. The van der Waals surface area contributed by atoms with Gasteiger partial charge in [-0.3, -0.25) is 14.6 Å². The van der Waals surface area contributed by atoms with Crippen LogP contribution >= 0.6 is 0 Å². The lowest BCUT2D eigenvalue weighted by atomic mass is 10.1. The van der Waals surface area contributed by atoms with E-state index in [1.807, 2.05) is 18.2 Å². The maximum Gasteiger partial charge on any atom is 0.339 e. The molecule has 1 amide bonds. The summed E-state index contributed by atoms with van der Waals surface area (Å²) < 4.78 is 5.27. The first-order valence-electron chi connectivity index (χ1n) is 10.4. The van der Waals surface area contributed by atoms with Crippen LogP contribution in [0.15, 0.2) is 54.6 Å². The Labute approximate surface area is 181 Å². The molecular formula is C25H26N2O4. The number of Topliss-reactive ketones (excluding diaryl/α,β-unsaturated/α-hetero) is 1. The molecule has 1 heterocycles. The number of hydrogen-bond donors (Lipinski definition) is 1. The molecule has 0 radical (unpaired) electrons. The highest BCUT2D eigenvalue weighted by molar-refractivity contribution is 6.05. The molecule has 2 aromatic carbocycles. The lowest BCUT2D eigenvalue weighted by molar-refractivity contribution is -0.116. The van der Waals surface area contributed by atoms with Gasteiger partial charge in [-0.2, -0.15) is 0 Å². The summed E-state index contributed by atoms with van der Waals surface area (Å²) >= 11 is 0. The second-order valence-corrected chi connectivity index (χ2v) is 7.41. The highest BCUT2D eigenvalue weighted by Gasteiger charge is 2.16. The quantitative estimate of drug-likeness (QED) is 0.297. The first kappa shape index (κ1) is 22.2. The molecule has 1 N–H and O–H groups in total. The number of nitrogens with zero attached hydrogens (tertiary/aromatic N) is 1. The fourth-order valence-corrected chi connectivity index (χ4v) is 3.27. The molecule has 31 heavy (non-hydrogen) atoms. The molecule has 0 saturated carbocycles. The minimum Gasteiger partial charge on any atom is -0.454 e. The van der Waals surface area contributed by atoms with Gasteiger partial charge in [0.1, 0.15) is 0 Å². The predicted molar refractivity (Wildman–Crippen MR) is 120 cm³/mol. The van der Waals surface area contributed by atoms with Crippen LogP contribution < -0.4 is 5.32 Å². The van der Waals surface area contributed by atoms with Gasteiger partial charge in [-0.05, 0) is 49.7 Å². The molecule has 0 bridgehead atoms. The third-order valence-electron chi connectivity index (χ3n) is 4.90. The van der Waals surface area contributed by atoms with Crippen LogP contribution in [0.1, 0.15) is 59.0 Å². The summed E-state index contributed by atoms with van der Waals surface area (Å²) in [7, 11) is 0. The normalized spacial score (nSPS) is 10.6. The molecule has 3 aromatic rings. The SMILES string of the molecule is CCCCCC(=O)Nc1ccc(C(=O)COC(=O)c2cc(C)nc3ccccc23)cc1. The molecule has 0 spiro atoms. The maximum atomic E-state index is 12.6. The van der Waals surface area contributed by atoms with Crippen molar-refractivity contribution >= 4 is 34.3 Å². The number of fused-ring (bicyclic) bond motifs is 1. The average molecular weight is 418 g/mol. The fraction of sp³-hybridized carbons (Fsp3) is 0.280. The van der Waals surface area contributed by atoms with Crippen LogP contribution in [-0.2, 0) is 9.53 Å². The van der Waals surface area contributed by atoms with Crippen molar-refractivity contribution in [2.75, 3.05) is 11.9 Å². The number of hydrogen-bond acceptors (Lipinski definition) is 5. The molecule has 3 rings (SSSR count). The molecule has 6 heteroatoms. The standard InChI is InChI=1S/C25H26N2O4/c1-3-4-5-10-24(29)27-19-13-11-18(12-14-19)23(28)16-31-25(30)21-15-17(2)26-22-9-7-6-8-20(21)22/h6-9,11-15H,3-5,10,16H2,1-2H3,(H,27,29). The number of para-hydroxylation sites is 1. The van der Waals surface area contributed by atoms with Gasteiger partial charge in [0.05, 0.1) is 11.1 Å². The second kappa shape index (κ2) is 10.5. The number of anilines is 1. The molecule has 0 aliphatic rings. The Kier molecular flexibility index (Phi) is 7.49. The van der Waals surface area contributed by atoms with Gasteiger partial charge in [-0.1, -0.05) is 38.0 Å². The number of aryl methyl sites for hydroxylation is 1. The van der Waals surface area contributed by atoms with Crippen LogP contribution in [0.3, 0.4) is 0 Å². The summed E-state index contributed by atoms with van der Waals surface area (Å²) in [5.74, 6) is -0.920. The number of ketones is 1. The van der Waals surface area contributed by atoms with E-state index in [4.69, 9.17) is 4.74 Å². The number of rotatable bonds is 9. The Balaban J connectivity index is 1.58. The monoisotopic (exact) mass is 418 g/mol. The number of nitrogens with one attached hydrogen (secondary N) is 1. The number of aromatic nitrogens is 1.